The monoisotopic (exact) mass is 299 g/mol. The summed E-state index contributed by atoms with van der Waals surface area (Å²) in [5.41, 5.74) is 3.12. The third kappa shape index (κ3) is 3.19. The average Bonchev–Trinajstić information content (AvgIpc) is 2.94. The third-order valence-corrected chi connectivity index (χ3v) is 4.60. The Balaban J connectivity index is 1.80. The largest absolute Gasteiger partial charge is 0.301 e. The quantitative estimate of drug-likeness (QED) is 0.870. The van der Waals surface area contributed by atoms with Gasteiger partial charge < -0.3 is 4.90 Å². The van der Waals surface area contributed by atoms with E-state index in [4.69, 9.17) is 0 Å². The standard InChI is InChI=1S/C17H25N5/c1-13(2)22-10-4-5-14(12-22)11-15-17(19-9-8-18-15)16-6-7-20-21(16)3/h6-9,13-14H,4-5,10-12H2,1-3H3. The second-order valence-electron chi connectivity index (χ2n) is 6.49. The maximum atomic E-state index is 4.62. The first kappa shape index (κ1) is 15.2. The predicted octanol–water partition coefficient (Wildman–Crippen LogP) is 2.54. The van der Waals surface area contributed by atoms with Crippen LogP contribution in [-0.4, -0.2) is 43.8 Å². The van der Waals surface area contributed by atoms with Crippen LogP contribution < -0.4 is 0 Å². The van der Waals surface area contributed by atoms with Crippen LogP contribution in [0.5, 0.6) is 0 Å². The lowest BCUT2D eigenvalue weighted by molar-refractivity contribution is 0.139. The van der Waals surface area contributed by atoms with Gasteiger partial charge in [0.1, 0.15) is 5.69 Å². The normalized spacial score (nSPS) is 19.7. The molecule has 0 aliphatic carbocycles. The topological polar surface area (TPSA) is 46.8 Å². The molecule has 0 aromatic carbocycles. The second-order valence-corrected chi connectivity index (χ2v) is 6.49. The Kier molecular flexibility index (Phi) is 4.52. The zero-order valence-corrected chi connectivity index (χ0v) is 13.7. The molecule has 1 aliphatic rings. The van der Waals surface area contributed by atoms with Crippen molar-refractivity contribution in [3.63, 3.8) is 0 Å². The predicted molar refractivity (Wildman–Crippen MR) is 87.4 cm³/mol. The summed E-state index contributed by atoms with van der Waals surface area (Å²) in [5.74, 6) is 0.667. The van der Waals surface area contributed by atoms with Gasteiger partial charge in [-0.25, -0.2) is 0 Å². The van der Waals surface area contributed by atoms with E-state index in [9.17, 15) is 0 Å². The lowest BCUT2D eigenvalue weighted by atomic mass is 9.91. The summed E-state index contributed by atoms with van der Waals surface area (Å²) >= 11 is 0. The van der Waals surface area contributed by atoms with E-state index in [0.29, 0.717) is 12.0 Å². The molecule has 0 amide bonds. The lowest BCUT2D eigenvalue weighted by Crippen LogP contribution is -2.40. The van der Waals surface area contributed by atoms with Gasteiger partial charge in [-0.1, -0.05) is 0 Å². The molecular formula is C17H25N5. The van der Waals surface area contributed by atoms with Gasteiger partial charge in [0.15, 0.2) is 0 Å². The molecule has 3 rings (SSSR count). The summed E-state index contributed by atoms with van der Waals surface area (Å²) in [5, 5.41) is 4.26. The fraction of sp³-hybridized carbons (Fsp3) is 0.588. The summed E-state index contributed by atoms with van der Waals surface area (Å²) in [6.07, 6.45) is 8.95. The van der Waals surface area contributed by atoms with E-state index in [1.165, 1.54) is 25.9 Å². The lowest BCUT2D eigenvalue weighted by Gasteiger charge is -2.35. The maximum absolute atomic E-state index is 4.62. The zero-order valence-electron chi connectivity index (χ0n) is 13.7. The first-order chi connectivity index (χ1) is 10.6. The Morgan fingerprint density at radius 2 is 2.05 bits per heavy atom. The van der Waals surface area contributed by atoms with Gasteiger partial charge in [0.2, 0.25) is 0 Å². The van der Waals surface area contributed by atoms with Crippen molar-refractivity contribution in [1.82, 2.24) is 24.6 Å². The van der Waals surface area contributed by atoms with Gasteiger partial charge in [0.25, 0.3) is 0 Å². The molecule has 118 valence electrons. The number of aromatic nitrogens is 4. The Morgan fingerprint density at radius 3 is 2.77 bits per heavy atom. The summed E-state index contributed by atoms with van der Waals surface area (Å²) < 4.78 is 1.87. The molecule has 5 heteroatoms. The van der Waals surface area contributed by atoms with E-state index in [-0.39, 0.29) is 0 Å². The first-order valence-electron chi connectivity index (χ1n) is 8.17. The molecule has 1 unspecified atom stereocenters. The van der Waals surface area contributed by atoms with Crippen molar-refractivity contribution < 1.29 is 0 Å². The minimum atomic E-state index is 0.626. The van der Waals surface area contributed by atoms with Crippen LogP contribution in [0.2, 0.25) is 0 Å². The number of likely N-dealkylation sites (tertiary alicyclic amines) is 1. The highest BCUT2D eigenvalue weighted by molar-refractivity contribution is 5.56. The highest BCUT2D eigenvalue weighted by Gasteiger charge is 2.23. The Hall–Kier alpha value is -1.75. The molecule has 2 aromatic rings. The molecule has 22 heavy (non-hydrogen) atoms. The molecule has 0 saturated carbocycles. The van der Waals surface area contributed by atoms with E-state index in [1.54, 1.807) is 12.4 Å². The van der Waals surface area contributed by atoms with Gasteiger partial charge >= 0.3 is 0 Å². The molecule has 0 spiro atoms. The van der Waals surface area contributed by atoms with E-state index in [2.05, 4.69) is 33.8 Å². The van der Waals surface area contributed by atoms with Crippen LogP contribution >= 0.6 is 0 Å². The molecule has 1 atom stereocenters. The third-order valence-electron chi connectivity index (χ3n) is 4.60. The van der Waals surface area contributed by atoms with Crippen LogP contribution in [0.15, 0.2) is 24.7 Å². The van der Waals surface area contributed by atoms with Gasteiger partial charge in [-0.05, 0) is 51.6 Å². The van der Waals surface area contributed by atoms with Gasteiger partial charge in [0.05, 0.1) is 11.4 Å². The van der Waals surface area contributed by atoms with Crippen LogP contribution in [0.1, 0.15) is 32.4 Å². The Labute approximate surface area is 132 Å². The van der Waals surface area contributed by atoms with Crippen molar-refractivity contribution in [2.24, 2.45) is 13.0 Å². The highest BCUT2D eigenvalue weighted by Crippen LogP contribution is 2.26. The van der Waals surface area contributed by atoms with Crippen LogP contribution in [-0.2, 0) is 13.5 Å². The molecule has 0 bridgehead atoms. The van der Waals surface area contributed by atoms with Gasteiger partial charge in [-0.2, -0.15) is 5.10 Å². The number of hydrogen-bond donors (Lipinski definition) is 0. The van der Waals surface area contributed by atoms with E-state index in [1.807, 2.05) is 24.0 Å². The fourth-order valence-corrected chi connectivity index (χ4v) is 3.34. The van der Waals surface area contributed by atoms with Crippen molar-refractivity contribution >= 4 is 0 Å². The summed E-state index contributed by atoms with van der Waals surface area (Å²) in [6, 6.07) is 2.63. The van der Waals surface area contributed by atoms with Crippen molar-refractivity contribution in [1.29, 1.82) is 0 Å². The first-order valence-corrected chi connectivity index (χ1v) is 8.17. The van der Waals surface area contributed by atoms with Gasteiger partial charge in [0, 0.05) is 38.2 Å². The second kappa shape index (κ2) is 6.57. The smallest absolute Gasteiger partial charge is 0.110 e. The SMILES string of the molecule is CC(C)N1CCCC(Cc2nccnc2-c2ccnn2C)C1. The van der Waals surface area contributed by atoms with Gasteiger partial charge in [-0.3, -0.25) is 14.6 Å². The van der Waals surface area contributed by atoms with Crippen molar-refractivity contribution in [3.05, 3.63) is 30.4 Å². The summed E-state index contributed by atoms with van der Waals surface area (Å²) in [7, 11) is 1.95. The number of aryl methyl sites for hydroxylation is 1. The van der Waals surface area contributed by atoms with Crippen molar-refractivity contribution in [2.45, 2.75) is 39.2 Å². The van der Waals surface area contributed by atoms with Crippen LogP contribution in [0.25, 0.3) is 11.4 Å². The van der Waals surface area contributed by atoms with E-state index < -0.39 is 0 Å². The molecule has 0 N–H and O–H groups in total. The van der Waals surface area contributed by atoms with E-state index >= 15 is 0 Å². The van der Waals surface area contributed by atoms with Crippen molar-refractivity contribution in [3.8, 4) is 11.4 Å². The average molecular weight is 299 g/mol. The Bertz CT molecular complexity index is 619. The Morgan fingerprint density at radius 1 is 1.23 bits per heavy atom. The molecule has 1 saturated heterocycles. The van der Waals surface area contributed by atoms with Crippen LogP contribution in [0.3, 0.4) is 0 Å². The minimum Gasteiger partial charge on any atom is -0.301 e. The molecule has 5 nitrogen and oxygen atoms in total. The zero-order chi connectivity index (χ0) is 15.5. The molecule has 1 fully saturated rings. The van der Waals surface area contributed by atoms with Crippen LogP contribution in [0.4, 0.5) is 0 Å². The van der Waals surface area contributed by atoms with Crippen molar-refractivity contribution in [2.75, 3.05) is 13.1 Å². The number of piperidine rings is 1. The molecular weight excluding hydrogens is 274 g/mol. The summed E-state index contributed by atoms with van der Waals surface area (Å²) in [4.78, 5) is 11.8. The number of hydrogen-bond acceptors (Lipinski definition) is 4. The number of rotatable bonds is 4. The molecule has 2 aromatic heterocycles. The van der Waals surface area contributed by atoms with Gasteiger partial charge in [-0.15, -0.1) is 0 Å². The molecule has 0 radical (unpaired) electrons. The summed E-state index contributed by atoms with van der Waals surface area (Å²) in [6.45, 7) is 6.96. The maximum Gasteiger partial charge on any atom is 0.110 e. The fourth-order valence-electron chi connectivity index (χ4n) is 3.34. The number of nitrogens with zero attached hydrogens (tertiary/aromatic N) is 5. The highest BCUT2D eigenvalue weighted by atomic mass is 15.3. The molecule has 3 heterocycles. The van der Waals surface area contributed by atoms with E-state index in [0.717, 1.165) is 23.5 Å². The van der Waals surface area contributed by atoms with Crippen LogP contribution in [0, 0.1) is 5.92 Å². The molecule has 1 aliphatic heterocycles. The minimum absolute atomic E-state index is 0.626.